The summed E-state index contributed by atoms with van der Waals surface area (Å²) in [5, 5.41) is 3.80. The van der Waals surface area contributed by atoms with Crippen molar-refractivity contribution >= 4 is 17.7 Å². The lowest BCUT2D eigenvalue weighted by molar-refractivity contribution is 0.0514. The summed E-state index contributed by atoms with van der Waals surface area (Å²) in [5.41, 5.74) is 0.0416. The van der Waals surface area contributed by atoms with Gasteiger partial charge in [0, 0.05) is 35.2 Å². The highest BCUT2D eigenvalue weighted by Gasteiger charge is 2.19. The Bertz CT molecular complexity index is 1210. The summed E-state index contributed by atoms with van der Waals surface area (Å²) >= 11 is 6.19. The van der Waals surface area contributed by atoms with Crippen LogP contribution in [0.25, 0.3) is 0 Å². The van der Waals surface area contributed by atoms with E-state index in [9.17, 15) is 18.4 Å². The standard InChI is InChI=1S/C22H22ClF2N3O4/c1-13-7-18(31-12-15-5-6-16(24)8-17(15)25)19(23)20(29)27(13)10-14-9-26-28(11-14)21(30)32-22(2,3)4/h5-9,11H,10,12H2,1-4H3. The van der Waals surface area contributed by atoms with Crippen LogP contribution in [0.15, 0.2) is 41.5 Å². The van der Waals surface area contributed by atoms with Gasteiger partial charge >= 0.3 is 6.09 Å². The third kappa shape index (κ3) is 5.53. The Morgan fingerprint density at radius 2 is 1.94 bits per heavy atom. The molecule has 0 N–H and O–H groups in total. The summed E-state index contributed by atoms with van der Waals surface area (Å²) in [6.07, 6.45) is 2.28. The van der Waals surface area contributed by atoms with Crippen molar-refractivity contribution in [1.29, 1.82) is 0 Å². The predicted octanol–water partition coefficient (Wildman–Crippen LogP) is 4.70. The highest BCUT2D eigenvalue weighted by Crippen LogP contribution is 2.24. The highest BCUT2D eigenvalue weighted by atomic mass is 35.5. The van der Waals surface area contributed by atoms with Crippen molar-refractivity contribution in [2.75, 3.05) is 0 Å². The highest BCUT2D eigenvalue weighted by molar-refractivity contribution is 6.31. The van der Waals surface area contributed by atoms with Crippen LogP contribution in [0, 0.1) is 18.6 Å². The molecule has 7 nitrogen and oxygen atoms in total. The van der Waals surface area contributed by atoms with Gasteiger partial charge in [-0.1, -0.05) is 11.6 Å². The number of hydrogen-bond donors (Lipinski definition) is 0. The van der Waals surface area contributed by atoms with Gasteiger partial charge in [-0.25, -0.2) is 13.6 Å². The average molecular weight is 466 g/mol. The van der Waals surface area contributed by atoms with Gasteiger partial charge in [-0.2, -0.15) is 9.78 Å². The fourth-order valence-electron chi connectivity index (χ4n) is 2.84. The molecule has 0 radical (unpaired) electrons. The van der Waals surface area contributed by atoms with E-state index in [4.69, 9.17) is 21.1 Å². The number of ether oxygens (including phenoxy) is 2. The Hall–Kier alpha value is -3.20. The van der Waals surface area contributed by atoms with Gasteiger partial charge in [0.1, 0.15) is 34.6 Å². The molecule has 3 aromatic rings. The number of carbonyl (C=O) groups excluding carboxylic acids is 1. The number of pyridine rings is 1. The quantitative estimate of drug-likeness (QED) is 0.546. The van der Waals surface area contributed by atoms with E-state index in [1.165, 1.54) is 23.0 Å². The summed E-state index contributed by atoms with van der Waals surface area (Å²) in [5.74, 6) is -1.37. The molecule has 0 spiro atoms. The summed E-state index contributed by atoms with van der Waals surface area (Å²) in [7, 11) is 0. The number of halogens is 3. The first kappa shape index (κ1) is 23.5. The van der Waals surface area contributed by atoms with E-state index in [1.54, 1.807) is 33.8 Å². The van der Waals surface area contributed by atoms with Crippen molar-refractivity contribution in [3.63, 3.8) is 0 Å². The Kier molecular flexibility index (Phi) is 6.68. The minimum Gasteiger partial charge on any atom is -0.487 e. The van der Waals surface area contributed by atoms with Crippen molar-refractivity contribution < 1.29 is 23.0 Å². The zero-order valence-electron chi connectivity index (χ0n) is 18.0. The molecule has 0 saturated carbocycles. The first-order valence-electron chi connectivity index (χ1n) is 9.68. The van der Waals surface area contributed by atoms with E-state index in [2.05, 4.69) is 5.10 Å². The number of aromatic nitrogens is 3. The van der Waals surface area contributed by atoms with Gasteiger partial charge in [0.15, 0.2) is 0 Å². The van der Waals surface area contributed by atoms with Crippen molar-refractivity contribution in [3.05, 3.63) is 80.5 Å². The lowest BCUT2D eigenvalue weighted by atomic mass is 10.2. The predicted molar refractivity (Wildman–Crippen MR) is 114 cm³/mol. The summed E-state index contributed by atoms with van der Waals surface area (Å²) in [6, 6.07) is 4.67. The molecule has 2 heterocycles. The van der Waals surface area contributed by atoms with Crippen molar-refractivity contribution in [3.8, 4) is 5.75 Å². The van der Waals surface area contributed by atoms with Crippen molar-refractivity contribution in [2.24, 2.45) is 0 Å². The Balaban J connectivity index is 1.77. The zero-order valence-corrected chi connectivity index (χ0v) is 18.7. The Morgan fingerprint density at radius 1 is 1.22 bits per heavy atom. The molecule has 0 aliphatic carbocycles. The maximum Gasteiger partial charge on any atom is 0.435 e. The van der Waals surface area contributed by atoms with Gasteiger partial charge in [-0.05, 0) is 39.8 Å². The Labute approximate surface area is 188 Å². The summed E-state index contributed by atoms with van der Waals surface area (Å²) < 4.78 is 40.1. The second kappa shape index (κ2) is 9.12. The molecule has 0 unspecified atom stereocenters. The third-order valence-corrected chi connectivity index (χ3v) is 4.72. The van der Waals surface area contributed by atoms with Crippen LogP contribution in [0.3, 0.4) is 0 Å². The van der Waals surface area contributed by atoms with E-state index >= 15 is 0 Å². The van der Waals surface area contributed by atoms with Crippen LogP contribution >= 0.6 is 11.6 Å². The average Bonchev–Trinajstić information content (AvgIpc) is 3.16. The first-order valence-corrected chi connectivity index (χ1v) is 10.1. The largest absolute Gasteiger partial charge is 0.487 e. The van der Waals surface area contributed by atoms with Gasteiger partial charge in [0.25, 0.3) is 5.56 Å². The van der Waals surface area contributed by atoms with Crippen LogP contribution in [0.2, 0.25) is 5.02 Å². The SMILES string of the molecule is Cc1cc(OCc2ccc(F)cc2F)c(Cl)c(=O)n1Cc1cnn(C(=O)OC(C)(C)C)c1. The van der Waals surface area contributed by atoms with Crippen LogP contribution in [-0.4, -0.2) is 26.0 Å². The van der Waals surface area contributed by atoms with E-state index in [0.29, 0.717) is 11.3 Å². The van der Waals surface area contributed by atoms with Gasteiger partial charge in [0.2, 0.25) is 0 Å². The maximum atomic E-state index is 13.8. The summed E-state index contributed by atoms with van der Waals surface area (Å²) in [4.78, 5) is 24.9. The molecule has 32 heavy (non-hydrogen) atoms. The summed E-state index contributed by atoms with van der Waals surface area (Å²) in [6.45, 7) is 6.80. The molecule has 1 aromatic carbocycles. The molecule has 0 aliphatic rings. The molecule has 170 valence electrons. The molecule has 0 atom stereocenters. The molecule has 0 bridgehead atoms. The van der Waals surface area contributed by atoms with Crippen molar-refractivity contribution in [1.82, 2.24) is 14.3 Å². The molecule has 10 heteroatoms. The number of benzene rings is 1. The minimum absolute atomic E-state index is 0.0820. The van der Waals surface area contributed by atoms with Crippen LogP contribution in [0.5, 0.6) is 5.75 Å². The molecule has 0 aliphatic heterocycles. The maximum absolute atomic E-state index is 13.8. The number of carbonyl (C=O) groups is 1. The first-order chi connectivity index (χ1) is 14.9. The number of nitrogens with zero attached hydrogens (tertiary/aromatic N) is 3. The molecule has 3 rings (SSSR count). The molecule has 0 amide bonds. The minimum atomic E-state index is -0.756. The topological polar surface area (TPSA) is 75.4 Å². The third-order valence-electron chi connectivity index (χ3n) is 4.37. The molecular formula is C22H22ClF2N3O4. The van der Waals surface area contributed by atoms with Gasteiger partial charge in [-0.3, -0.25) is 4.79 Å². The van der Waals surface area contributed by atoms with E-state index in [-0.39, 0.29) is 29.5 Å². The van der Waals surface area contributed by atoms with E-state index in [1.807, 2.05) is 0 Å². The number of rotatable bonds is 5. The van der Waals surface area contributed by atoms with Crippen molar-refractivity contribution in [2.45, 2.75) is 46.4 Å². The Morgan fingerprint density at radius 3 is 2.59 bits per heavy atom. The molecule has 0 saturated heterocycles. The fourth-order valence-corrected chi connectivity index (χ4v) is 3.05. The number of aryl methyl sites for hydroxylation is 1. The van der Waals surface area contributed by atoms with Crippen LogP contribution in [0.4, 0.5) is 13.6 Å². The van der Waals surface area contributed by atoms with E-state index in [0.717, 1.165) is 16.8 Å². The smallest absolute Gasteiger partial charge is 0.435 e. The number of hydrogen-bond acceptors (Lipinski definition) is 5. The van der Waals surface area contributed by atoms with Crippen LogP contribution in [0.1, 0.15) is 37.6 Å². The molecular weight excluding hydrogens is 444 g/mol. The fraction of sp³-hybridized carbons (Fsp3) is 0.318. The van der Waals surface area contributed by atoms with Crippen LogP contribution < -0.4 is 10.3 Å². The van der Waals surface area contributed by atoms with Gasteiger partial charge in [-0.15, -0.1) is 0 Å². The normalized spacial score (nSPS) is 11.5. The van der Waals surface area contributed by atoms with Gasteiger partial charge in [0.05, 0.1) is 12.7 Å². The lowest BCUT2D eigenvalue weighted by Crippen LogP contribution is -2.27. The lowest BCUT2D eigenvalue weighted by Gasteiger charge is -2.18. The second-order valence-corrected chi connectivity index (χ2v) is 8.53. The zero-order chi connectivity index (χ0) is 23.6. The van der Waals surface area contributed by atoms with Crippen LogP contribution in [-0.2, 0) is 17.9 Å². The molecule has 0 fully saturated rings. The second-order valence-electron chi connectivity index (χ2n) is 8.15. The van der Waals surface area contributed by atoms with E-state index < -0.39 is 28.9 Å². The monoisotopic (exact) mass is 465 g/mol. The van der Waals surface area contributed by atoms with Gasteiger partial charge < -0.3 is 14.0 Å². The molecule has 2 aromatic heterocycles.